The molecule has 4 rings (SSSR count). The molecule has 2 aliphatic rings. The Morgan fingerprint density at radius 1 is 1.12 bits per heavy atom. The fraction of sp³-hybridized carbons (Fsp3) is 0.364. The number of hydrogen-bond donors (Lipinski definition) is 1. The van der Waals surface area contributed by atoms with Gasteiger partial charge in [-0.3, -0.25) is 14.5 Å². The third kappa shape index (κ3) is 2.56. The normalized spacial score (nSPS) is 24.6. The summed E-state index contributed by atoms with van der Waals surface area (Å²) in [5, 5.41) is 10.8. The van der Waals surface area contributed by atoms with Crippen molar-refractivity contribution in [3.8, 4) is 0 Å². The van der Waals surface area contributed by atoms with Crippen LogP contribution in [0.1, 0.15) is 44.1 Å². The summed E-state index contributed by atoms with van der Waals surface area (Å²) in [5.74, 6) is -1.14. The van der Waals surface area contributed by atoms with Gasteiger partial charge in [-0.15, -0.1) is 0 Å². The lowest BCUT2D eigenvalue weighted by Crippen LogP contribution is -2.50. The first-order valence-electron chi connectivity index (χ1n) is 9.05. The molecule has 2 aromatic carbocycles. The first-order chi connectivity index (χ1) is 12.4. The van der Waals surface area contributed by atoms with Crippen LogP contribution in [0.25, 0.3) is 0 Å². The Hall–Kier alpha value is -2.46. The maximum absolute atomic E-state index is 13.0. The molecule has 0 unspecified atom stereocenters. The van der Waals surface area contributed by atoms with Gasteiger partial charge in [0.25, 0.3) is 5.91 Å². The molecule has 4 heteroatoms. The summed E-state index contributed by atoms with van der Waals surface area (Å²) in [7, 11) is 1.54. The number of nitrogens with zero attached hydrogens (tertiary/aromatic N) is 1. The van der Waals surface area contributed by atoms with E-state index in [0.717, 1.165) is 16.7 Å². The molecule has 0 spiro atoms. The van der Waals surface area contributed by atoms with Gasteiger partial charge in [0.15, 0.2) is 0 Å². The lowest BCUT2D eigenvalue weighted by molar-refractivity contribution is -0.132. The highest BCUT2D eigenvalue weighted by Gasteiger charge is 2.47. The van der Waals surface area contributed by atoms with Crippen LogP contribution in [0.4, 0.5) is 0 Å². The van der Waals surface area contributed by atoms with Gasteiger partial charge in [-0.05, 0) is 49.4 Å². The first kappa shape index (κ1) is 17.0. The minimum absolute atomic E-state index is 0.205. The molecule has 2 aromatic rings. The summed E-state index contributed by atoms with van der Waals surface area (Å²) >= 11 is 0. The maximum atomic E-state index is 13.0. The summed E-state index contributed by atoms with van der Waals surface area (Å²) in [4.78, 5) is 26.7. The number of hydrogen-bond acceptors (Lipinski definition) is 3. The molecule has 0 bridgehead atoms. The molecule has 0 radical (unpaired) electrons. The Morgan fingerprint density at radius 3 is 2.50 bits per heavy atom. The van der Waals surface area contributed by atoms with Crippen LogP contribution in [-0.2, 0) is 17.6 Å². The topological polar surface area (TPSA) is 57.6 Å². The van der Waals surface area contributed by atoms with Crippen LogP contribution >= 0.6 is 0 Å². The second kappa shape index (κ2) is 6.06. The van der Waals surface area contributed by atoms with Crippen molar-refractivity contribution in [2.45, 2.75) is 38.7 Å². The fourth-order valence-electron chi connectivity index (χ4n) is 4.67. The summed E-state index contributed by atoms with van der Waals surface area (Å²) in [6, 6.07) is 11.9. The van der Waals surface area contributed by atoms with Gasteiger partial charge in [0.1, 0.15) is 0 Å². The molecule has 0 saturated heterocycles. The number of benzene rings is 2. The van der Waals surface area contributed by atoms with Crippen molar-refractivity contribution in [3.63, 3.8) is 0 Å². The molecule has 3 atom stereocenters. The summed E-state index contributed by atoms with van der Waals surface area (Å²) < 4.78 is 0. The van der Waals surface area contributed by atoms with Crippen molar-refractivity contribution in [2.24, 2.45) is 5.92 Å². The van der Waals surface area contributed by atoms with Gasteiger partial charge in [0.05, 0.1) is 12.0 Å². The number of carbonyl (C=O) groups is 2. The minimum atomic E-state index is -0.603. The van der Waals surface area contributed by atoms with Crippen molar-refractivity contribution < 1.29 is 14.7 Å². The highest BCUT2D eigenvalue weighted by Crippen LogP contribution is 2.44. The van der Waals surface area contributed by atoms with E-state index < -0.39 is 12.0 Å². The SMILES string of the molecule is Cc1cc(C)cc(C[C@@H]2[C@@H](O)Cc3cccc4c3[C@@H]2C(=O)N(C)C4=O)c1. The number of carbonyl (C=O) groups excluding carboxylic acids is 2. The molecule has 1 N–H and O–H groups in total. The maximum Gasteiger partial charge on any atom is 0.260 e. The van der Waals surface area contributed by atoms with E-state index in [1.807, 2.05) is 12.1 Å². The van der Waals surface area contributed by atoms with Gasteiger partial charge in [-0.25, -0.2) is 0 Å². The zero-order chi connectivity index (χ0) is 18.6. The molecule has 134 valence electrons. The predicted molar refractivity (Wildman–Crippen MR) is 99.1 cm³/mol. The molecule has 26 heavy (non-hydrogen) atoms. The van der Waals surface area contributed by atoms with Crippen molar-refractivity contribution in [1.82, 2.24) is 4.90 Å². The smallest absolute Gasteiger partial charge is 0.260 e. The van der Waals surface area contributed by atoms with Gasteiger partial charge < -0.3 is 5.11 Å². The number of likely N-dealkylation sites (N-methyl/N-ethyl adjacent to an activating group) is 1. The Bertz CT molecular complexity index is 897. The molecule has 1 heterocycles. The van der Waals surface area contributed by atoms with E-state index in [1.165, 1.54) is 23.1 Å². The molecule has 1 aliphatic heterocycles. The van der Waals surface area contributed by atoms with E-state index >= 15 is 0 Å². The van der Waals surface area contributed by atoms with Crippen molar-refractivity contribution in [2.75, 3.05) is 7.05 Å². The van der Waals surface area contributed by atoms with Crippen LogP contribution in [-0.4, -0.2) is 35.0 Å². The molecule has 0 fully saturated rings. The van der Waals surface area contributed by atoms with E-state index in [1.54, 1.807) is 6.07 Å². The Morgan fingerprint density at radius 2 is 1.81 bits per heavy atom. The molecule has 2 amide bonds. The van der Waals surface area contributed by atoms with Gasteiger partial charge in [0, 0.05) is 18.5 Å². The zero-order valence-electron chi connectivity index (χ0n) is 15.3. The van der Waals surface area contributed by atoms with Gasteiger partial charge in [0.2, 0.25) is 5.91 Å². The largest absolute Gasteiger partial charge is 0.392 e. The molecule has 0 aromatic heterocycles. The average molecular weight is 349 g/mol. The number of aliphatic hydroxyl groups excluding tert-OH is 1. The van der Waals surface area contributed by atoms with Crippen molar-refractivity contribution in [3.05, 3.63) is 69.8 Å². The van der Waals surface area contributed by atoms with E-state index in [-0.39, 0.29) is 17.7 Å². The monoisotopic (exact) mass is 349 g/mol. The number of amides is 2. The lowest BCUT2D eigenvalue weighted by Gasteiger charge is -2.41. The standard InChI is InChI=1S/C22H23NO3/c1-12-7-13(2)9-14(8-12)10-17-18(24)11-15-5-4-6-16-19(15)20(17)22(26)23(3)21(16)25/h4-9,17-18,20,24H,10-11H2,1-3H3/t17-,18+,20-/m1/s1. The van der Waals surface area contributed by atoms with Crippen LogP contribution < -0.4 is 0 Å². The summed E-state index contributed by atoms with van der Waals surface area (Å²) in [5.41, 5.74) is 5.83. The third-order valence-electron chi connectivity index (χ3n) is 5.74. The van der Waals surface area contributed by atoms with E-state index in [0.29, 0.717) is 18.4 Å². The molecular formula is C22H23NO3. The lowest BCUT2D eigenvalue weighted by atomic mass is 9.67. The molecule has 1 aliphatic carbocycles. The zero-order valence-corrected chi connectivity index (χ0v) is 15.3. The highest BCUT2D eigenvalue weighted by molar-refractivity contribution is 6.11. The van der Waals surface area contributed by atoms with Gasteiger partial charge in [-0.1, -0.05) is 41.5 Å². The molecular weight excluding hydrogens is 326 g/mol. The first-order valence-corrected chi connectivity index (χ1v) is 9.05. The predicted octanol–water partition coefficient (Wildman–Crippen LogP) is 2.78. The molecule has 0 saturated carbocycles. The third-order valence-corrected chi connectivity index (χ3v) is 5.74. The summed E-state index contributed by atoms with van der Waals surface area (Å²) in [6.07, 6.45) is 0.504. The van der Waals surface area contributed by atoms with Crippen LogP contribution in [0.3, 0.4) is 0 Å². The number of imide groups is 1. The van der Waals surface area contributed by atoms with E-state index in [2.05, 4.69) is 32.0 Å². The van der Waals surface area contributed by atoms with Crippen LogP contribution in [0.2, 0.25) is 0 Å². The van der Waals surface area contributed by atoms with Gasteiger partial charge in [-0.2, -0.15) is 0 Å². The van der Waals surface area contributed by atoms with Crippen LogP contribution in [0, 0.1) is 19.8 Å². The second-order valence-corrected chi connectivity index (χ2v) is 7.69. The van der Waals surface area contributed by atoms with Crippen molar-refractivity contribution >= 4 is 11.8 Å². The Kier molecular flexibility index (Phi) is 3.96. The van der Waals surface area contributed by atoms with E-state index in [4.69, 9.17) is 0 Å². The van der Waals surface area contributed by atoms with E-state index in [9.17, 15) is 14.7 Å². The Labute approximate surface area is 153 Å². The van der Waals surface area contributed by atoms with Gasteiger partial charge >= 0.3 is 0 Å². The Balaban J connectivity index is 1.81. The quantitative estimate of drug-likeness (QED) is 0.848. The molecule has 4 nitrogen and oxygen atoms in total. The average Bonchev–Trinajstić information content (AvgIpc) is 2.58. The number of aryl methyl sites for hydroxylation is 2. The number of rotatable bonds is 2. The van der Waals surface area contributed by atoms with Crippen LogP contribution in [0.15, 0.2) is 36.4 Å². The van der Waals surface area contributed by atoms with Crippen molar-refractivity contribution in [1.29, 1.82) is 0 Å². The number of aliphatic hydroxyl groups is 1. The summed E-state index contributed by atoms with van der Waals surface area (Å²) in [6.45, 7) is 4.11. The minimum Gasteiger partial charge on any atom is -0.392 e. The fourth-order valence-corrected chi connectivity index (χ4v) is 4.67. The van der Waals surface area contributed by atoms with Crippen LogP contribution in [0.5, 0.6) is 0 Å². The highest BCUT2D eigenvalue weighted by atomic mass is 16.3. The second-order valence-electron chi connectivity index (χ2n) is 7.69.